The Morgan fingerprint density at radius 1 is 1.12 bits per heavy atom. The number of amides is 1. The van der Waals surface area contributed by atoms with Crippen LogP contribution in [0.1, 0.15) is 34.0 Å². The summed E-state index contributed by atoms with van der Waals surface area (Å²) < 4.78 is 0. The summed E-state index contributed by atoms with van der Waals surface area (Å²) in [6, 6.07) is 13.5. The van der Waals surface area contributed by atoms with Crippen molar-refractivity contribution in [3.05, 3.63) is 70.8 Å². The third-order valence-corrected chi connectivity index (χ3v) is 4.11. The third kappa shape index (κ3) is 3.39. The van der Waals surface area contributed by atoms with Crippen LogP contribution in [-0.2, 0) is 11.3 Å². The van der Waals surface area contributed by atoms with Crippen LogP contribution in [0.25, 0.3) is 0 Å². The zero-order chi connectivity index (χ0) is 18.0. The van der Waals surface area contributed by atoms with Gasteiger partial charge in [0, 0.05) is 23.2 Å². The molecule has 1 aliphatic rings. The number of carbonyl (C=O) groups excluding carboxylic acids is 1. The van der Waals surface area contributed by atoms with Crippen molar-refractivity contribution in [2.75, 3.05) is 0 Å². The molecular weight excluding hydrogens is 318 g/mol. The van der Waals surface area contributed by atoms with Crippen molar-refractivity contribution in [2.24, 2.45) is 0 Å². The summed E-state index contributed by atoms with van der Waals surface area (Å²) in [7, 11) is 0. The molecule has 3 rings (SSSR count). The highest BCUT2D eigenvalue weighted by Crippen LogP contribution is 2.26. The summed E-state index contributed by atoms with van der Waals surface area (Å²) in [4.78, 5) is 25.0. The van der Waals surface area contributed by atoms with E-state index >= 15 is 0 Å². The van der Waals surface area contributed by atoms with E-state index < -0.39 is 18.1 Å². The fourth-order valence-corrected chi connectivity index (χ4v) is 2.91. The standard InChI is InChI=1S/C20H17NO4/c1-13(22)18(20(24)25)21-12-16-11-15(9-10-17(16)19(21)23)8-7-14-5-3-2-4-6-14/h2-6,9-11,13,18,22H,12H2,1H3,(H,24,25)/t13-,18+/m1/s1. The van der Waals surface area contributed by atoms with E-state index in [0.717, 1.165) is 16.7 Å². The molecule has 5 nitrogen and oxygen atoms in total. The average molecular weight is 335 g/mol. The van der Waals surface area contributed by atoms with Gasteiger partial charge in [0.05, 0.1) is 6.10 Å². The van der Waals surface area contributed by atoms with Crippen LogP contribution in [0.4, 0.5) is 0 Å². The Labute approximate surface area is 145 Å². The second-order valence-corrected chi connectivity index (χ2v) is 5.94. The maximum atomic E-state index is 12.5. The van der Waals surface area contributed by atoms with Crippen LogP contribution in [0.15, 0.2) is 48.5 Å². The first kappa shape index (κ1) is 16.7. The lowest BCUT2D eigenvalue weighted by atomic mass is 10.1. The number of carbonyl (C=O) groups is 2. The summed E-state index contributed by atoms with van der Waals surface area (Å²) in [6.07, 6.45) is -1.16. The summed E-state index contributed by atoms with van der Waals surface area (Å²) in [5.41, 5.74) is 2.82. The van der Waals surface area contributed by atoms with Gasteiger partial charge < -0.3 is 15.1 Å². The van der Waals surface area contributed by atoms with Gasteiger partial charge in [0.1, 0.15) is 0 Å². The fraction of sp³-hybridized carbons (Fsp3) is 0.200. The molecule has 0 saturated carbocycles. The lowest BCUT2D eigenvalue weighted by Gasteiger charge is -2.26. The summed E-state index contributed by atoms with van der Waals surface area (Å²) in [6.45, 7) is 1.52. The summed E-state index contributed by atoms with van der Waals surface area (Å²) >= 11 is 0. The largest absolute Gasteiger partial charge is 0.480 e. The van der Waals surface area contributed by atoms with Crippen molar-refractivity contribution in [3.63, 3.8) is 0 Å². The van der Waals surface area contributed by atoms with Crippen molar-refractivity contribution in [1.29, 1.82) is 0 Å². The minimum absolute atomic E-state index is 0.150. The smallest absolute Gasteiger partial charge is 0.329 e. The Hall–Kier alpha value is -3.10. The molecule has 5 heteroatoms. The zero-order valence-corrected chi connectivity index (χ0v) is 13.6. The van der Waals surface area contributed by atoms with Gasteiger partial charge in [0.25, 0.3) is 5.91 Å². The predicted octanol–water partition coefficient (Wildman–Crippen LogP) is 1.88. The number of rotatable bonds is 3. The van der Waals surface area contributed by atoms with Gasteiger partial charge in [0.15, 0.2) is 6.04 Å². The second-order valence-electron chi connectivity index (χ2n) is 5.94. The zero-order valence-electron chi connectivity index (χ0n) is 13.6. The molecule has 1 amide bonds. The number of carboxylic acids is 1. The highest BCUT2D eigenvalue weighted by molar-refractivity contribution is 6.00. The van der Waals surface area contributed by atoms with Crippen molar-refractivity contribution in [2.45, 2.75) is 25.6 Å². The maximum absolute atomic E-state index is 12.5. The van der Waals surface area contributed by atoms with E-state index in [4.69, 9.17) is 0 Å². The van der Waals surface area contributed by atoms with Gasteiger partial charge in [-0.25, -0.2) is 4.79 Å². The van der Waals surface area contributed by atoms with Crippen LogP contribution >= 0.6 is 0 Å². The van der Waals surface area contributed by atoms with Crippen LogP contribution in [0.5, 0.6) is 0 Å². The molecule has 0 saturated heterocycles. The number of fused-ring (bicyclic) bond motifs is 1. The lowest BCUT2D eigenvalue weighted by molar-refractivity contribution is -0.146. The third-order valence-electron chi connectivity index (χ3n) is 4.11. The monoisotopic (exact) mass is 335 g/mol. The van der Waals surface area contributed by atoms with E-state index in [0.29, 0.717) is 5.56 Å². The van der Waals surface area contributed by atoms with Crippen LogP contribution in [0.3, 0.4) is 0 Å². The Morgan fingerprint density at radius 2 is 1.80 bits per heavy atom. The molecule has 0 aromatic heterocycles. The molecule has 2 N–H and O–H groups in total. The summed E-state index contributed by atoms with van der Waals surface area (Å²) in [5.74, 6) is 4.50. The van der Waals surface area contributed by atoms with Gasteiger partial charge in [-0.05, 0) is 42.8 Å². The number of aliphatic hydroxyl groups is 1. The van der Waals surface area contributed by atoms with Crippen LogP contribution in [0, 0.1) is 11.8 Å². The molecule has 126 valence electrons. The highest BCUT2D eigenvalue weighted by atomic mass is 16.4. The first-order chi connectivity index (χ1) is 12.0. The Bertz CT molecular complexity index is 878. The van der Waals surface area contributed by atoms with E-state index in [-0.39, 0.29) is 12.5 Å². The molecular formula is C20H17NO4. The van der Waals surface area contributed by atoms with Gasteiger partial charge in [-0.15, -0.1) is 0 Å². The molecule has 0 bridgehead atoms. The first-order valence-corrected chi connectivity index (χ1v) is 7.89. The molecule has 25 heavy (non-hydrogen) atoms. The Morgan fingerprint density at radius 3 is 2.44 bits per heavy atom. The number of nitrogens with zero attached hydrogens (tertiary/aromatic N) is 1. The molecule has 2 atom stereocenters. The molecule has 1 heterocycles. The topological polar surface area (TPSA) is 77.8 Å². The normalized spacial score (nSPS) is 15.1. The predicted molar refractivity (Wildman–Crippen MR) is 91.8 cm³/mol. The number of aliphatic carboxylic acids is 1. The molecule has 1 aliphatic heterocycles. The minimum atomic E-state index is -1.27. The van der Waals surface area contributed by atoms with Gasteiger partial charge in [-0.2, -0.15) is 0 Å². The molecule has 0 spiro atoms. The Balaban J connectivity index is 1.87. The van der Waals surface area contributed by atoms with Crippen molar-refractivity contribution < 1.29 is 19.8 Å². The fourth-order valence-electron chi connectivity index (χ4n) is 2.91. The highest BCUT2D eigenvalue weighted by Gasteiger charge is 2.38. The van der Waals surface area contributed by atoms with Crippen molar-refractivity contribution >= 4 is 11.9 Å². The van der Waals surface area contributed by atoms with Crippen molar-refractivity contribution in [3.8, 4) is 11.8 Å². The van der Waals surface area contributed by atoms with Crippen molar-refractivity contribution in [1.82, 2.24) is 4.90 Å². The van der Waals surface area contributed by atoms with E-state index in [2.05, 4.69) is 11.8 Å². The average Bonchev–Trinajstić information content (AvgIpc) is 2.89. The Kier molecular flexibility index (Phi) is 4.55. The van der Waals surface area contributed by atoms with E-state index in [1.807, 2.05) is 30.3 Å². The first-order valence-electron chi connectivity index (χ1n) is 7.89. The molecule has 0 fully saturated rings. The number of hydrogen-bond donors (Lipinski definition) is 2. The lowest BCUT2D eigenvalue weighted by Crippen LogP contribution is -2.48. The number of aliphatic hydroxyl groups excluding tert-OH is 1. The van der Waals surface area contributed by atoms with Gasteiger partial charge in [0.2, 0.25) is 0 Å². The van der Waals surface area contributed by atoms with Gasteiger partial charge >= 0.3 is 5.97 Å². The molecule has 2 aromatic rings. The SMILES string of the molecule is C[C@@H](O)[C@@H](C(=O)O)N1Cc2cc(C#Cc3ccccc3)ccc2C1=O. The van der Waals surface area contributed by atoms with Crippen LogP contribution in [0.2, 0.25) is 0 Å². The van der Waals surface area contributed by atoms with E-state index in [1.54, 1.807) is 18.2 Å². The molecule has 0 aliphatic carbocycles. The van der Waals surface area contributed by atoms with E-state index in [1.165, 1.54) is 11.8 Å². The molecule has 0 unspecified atom stereocenters. The van der Waals surface area contributed by atoms with Crippen LogP contribution < -0.4 is 0 Å². The molecule has 2 aromatic carbocycles. The quantitative estimate of drug-likeness (QED) is 0.840. The summed E-state index contributed by atoms with van der Waals surface area (Å²) in [5, 5.41) is 19.0. The number of benzene rings is 2. The second kappa shape index (κ2) is 6.80. The van der Waals surface area contributed by atoms with E-state index in [9.17, 15) is 19.8 Å². The molecule has 0 radical (unpaired) electrons. The number of carboxylic acid groups (broad SMARTS) is 1. The minimum Gasteiger partial charge on any atom is -0.480 e. The maximum Gasteiger partial charge on any atom is 0.329 e. The number of hydrogen-bond acceptors (Lipinski definition) is 3. The van der Waals surface area contributed by atoms with Crippen LogP contribution in [-0.4, -0.2) is 39.1 Å². The van der Waals surface area contributed by atoms with Gasteiger partial charge in [-0.1, -0.05) is 30.0 Å². The van der Waals surface area contributed by atoms with Gasteiger partial charge in [-0.3, -0.25) is 4.79 Å².